The van der Waals surface area contributed by atoms with Crippen LogP contribution < -0.4 is 5.73 Å². The third-order valence-corrected chi connectivity index (χ3v) is 2.24. The zero-order valence-corrected chi connectivity index (χ0v) is 9.34. The first-order chi connectivity index (χ1) is 8.66. The fourth-order valence-electron chi connectivity index (χ4n) is 1.59. The van der Waals surface area contributed by atoms with Gasteiger partial charge in [0.1, 0.15) is 5.69 Å². The van der Waals surface area contributed by atoms with Crippen molar-refractivity contribution in [3.05, 3.63) is 28.6 Å². The molecule has 1 aromatic rings. The molecular formula is C10H9F5N2O2. The molecule has 0 fully saturated rings. The number of aromatic nitrogens is 1. The van der Waals surface area contributed by atoms with Crippen LogP contribution in [0.4, 0.5) is 22.0 Å². The molecule has 0 saturated heterocycles. The first-order valence-electron chi connectivity index (χ1n) is 4.96. The highest BCUT2D eigenvalue weighted by Gasteiger charge is 2.37. The van der Waals surface area contributed by atoms with Crippen LogP contribution >= 0.6 is 0 Å². The molecule has 19 heavy (non-hydrogen) atoms. The summed E-state index contributed by atoms with van der Waals surface area (Å²) in [6.45, 7) is -0.720. The second-order valence-corrected chi connectivity index (χ2v) is 3.60. The van der Waals surface area contributed by atoms with E-state index in [-0.39, 0.29) is 0 Å². The molecule has 1 rings (SSSR count). The standard InChI is InChI=1S/C10H9F5N2O2/c11-9(12)5-1-4(2-7(18)19)8(10(13,14)15)6(3-16)17-5/h1,9H,2-3,16H2,(H,18,19). The van der Waals surface area contributed by atoms with E-state index in [0.29, 0.717) is 6.07 Å². The van der Waals surface area contributed by atoms with Crippen LogP contribution in [0.3, 0.4) is 0 Å². The number of carbonyl (C=O) groups is 1. The molecule has 0 spiro atoms. The Morgan fingerprint density at radius 1 is 1.42 bits per heavy atom. The number of halogens is 5. The van der Waals surface area contributed by atoms with Crippen molar-refractivity contribution in [2.75, 3.05) is 0 Å². The molecule has 0 atom stereocenters. The molecule has 0 aliphatic heterocycles. The average molecular weight is 284 g/mol. The molecule has 0 saturated carbocycles. The van der Waals surface area contributed by atoms with Crippen LogP contribution in [0.15, 0.2) is 6.07 Å². The lowest BCUT2D eigenvalue weighted by atomic mass is 10.0. The summed E-state index contributed by atoms with van der Waals surface area (Å²) in [7, 11) is 0. The van der Waals surface area contributed by atoms with E-state index >= 15 is 0 Å². The Labute approximate surface area is 104 Å². The molecule has 0 aliphatic rings. The van der Waals surface area contributed by atoms with E-state index in [0.717, 1.165) is 0 Å². The topological polar surface area (TPSA) is 76.2 Å². The zero-order valence-electron chi connectivity index (χ0n) is 9.34. The fourth-order valence-corrected chi connectivity index (χ4v) is 1.59. The van der Waals surface area contributed by atoms with E-state index in [1.807, 2.05) is 0 Å². The molecule has 0 unspecified atom stereocenters. The van der Waals surface area contributed by atoms with Gasteiger partial charge in [0, 0.05) is 6.54 Å². The molecule has 9 heteroatoms. The van der Waals surface area contributed by atoms with Gasteiger partial charge in [-0.1, -0.05) is 0 Å². The van der Waals surface area contributed by atoms with E-state index in [1.165, 1.54) is 0 Å². The molecule has 0 aliphatic carbocycles. The maximum atomic E-state index is 12.8. The second-order valence-electron chi connectivity index (χ2n) is 3.60. The third-order valence-electron chi connectivity index (χ3n) is 2.24. The van der Waals surface area contributed by atoms with Gasteiger partial charge in [-0.15, -0.1) is 0 Å². The van der Waals surface area contributed by atoms with Gasteiger partial charge in [-0.05, 0) is 11.6 Å². The van der Waals surface area contributed by atoms with Crippen LogP contribution in [0.2, 0.25) is 0 Å². The highest BCUT2D eigenvalue weighted by molar-refractivity contribution is 5.71. The van der Waals surface area contributed by atoms with Crippen molar-refractivity contribution in [3.8, 4) is 0 Å². The van der Waals surface area contributed by atoms with Crippen molar-refractivity contribution in [2.45, 2.75) is 25.6 Å². The van der Waals surface area contributed by atoms with Gasteiger partial charge >= 0.3 is 12.1 Å². The Morgan fingerprint density at radius 2 is 2.00 bits per heavy atom. The van der Waals surface area contributed by atoms with Crippen molar-refractivity contribution < 1.29 is 31.9 Å². The number of aliphatic carboxylic acids is 1. The third kappa shape index (κ3) is 3.60. The van der Waals surface area contributed by atoms with Crippen LogP contribution in [0.5, 0.6) is 0 Å². The van der Waals surface area contributed by atoms with Crippen molar-refractivity contribution in [1.82, 2.24) is 4.98 Å². The summed E-state index contributed by atoms with van der Waals surface area (Å²) >= 11 is 0. The number of nitrogens with zero attached hydrogens (tertiary/aromatic N) is 1. The molecule has 0 aromatic carbocycles. The summed E-state index contributed by atoms with van der Waals surface area (Å²) in [4.78, 5) is 13.7. The normalized spacial score (nSPS) is 11.9. The molecule has 0 amide bonds. The fraction of sp³-hybridized carbons (Fsp3) is 0.400. The number of rotatable bonds is 4. The lowest BCUT2D eigenvalue weighted by Crippen LogP contribution is -2.20. The smallest absolute Gasteiger partial charge is 0.418 e. The molecule has 3 N–H and O–H groups in total. The lowest BCUT2D eigenvalue weighted by molar-refractivity contribution is -0.140. The summed E-state index contributed by atoms with van der Waals surface area (Å²) in [6, 6.07) is 0.445. The van der Waals surface area contributed by atoms with Gasteiger partial charge in [0.2, 0.25) is 0 Å². The maximum Gasteiger partial charge on any atom is 0.418 e. The van der Waals surface area contributed by atoms with Gasteiger partial charge in [-0.2, -0.15) is 13.2 Å². The summed E-state index contributed by atoms with van der Waals surface area (Å²) in [5, 5.41) is 8.54. The molecule has 1 aromatic heterocycles. The molecule has 106 valence electrons. The van der Waals surface area contributed by atoms with E-state index < -0.39 is 54.1 Å². The van der Waals surface area contributed by atoms with E-state index in [9.17, 15) is 26.7 Å². The number of carboxylic acids is 1. The molecule has 0 bridgehead atoms. The Bertz CT molecular complexity index is 488. The summed E-state index contributed by atoms with van der Waals surface area (Å²) in [5.41, 5.74) is 1.21. The second kappa shape index (κ2) is 5.47. The monoisotopic (exact) mass is 284 g/mol. The Morgan fingerprint density at radius 3 is 2.37 bits per heavy atom. The number of carboxylic acid groups (broad SMARTS) is 1. The molecule has 1 heterocycles. The number of hydrogen-bond acceptors (Lipinski definition) is 3. The number of alkyl halides is 5. The SMILES string of the molecule is NCc1nc(C(F)F)cc(CC(=O)O)c1C(F)(F)F. The Hall–Kier alpha value is -1.77. The molecule has 4 nitrogen and oxygen atoms in total. The average Bonchev–Trinajstić information content (AvgIpc) is 2.25. The van der Waals surface area contributed by atoms with Crippen molar-refractivity contribution >= 4 is 5.97 Å². The molecular weight excluding hydrogens is 275 g/mol. The highest BCUT2D eigenvalue weighted by atomic mass is 19.4. The van der Waals surface area contributed by atoms with Crippen LogP contribution in [0, 0.1) is 0 Å². The first kappa shape index (κ1) is 15.3. The predicted molar refractivity (Wildman–Crippen MR) is 53.4 cm³/mol. The largest absolute Gasteiger partial charge is 0.481 e. The van der Waals surface area contributed by atoms with Crippen LogP contribution in [-0.2, 0) is 23.9 Å². The van der Waals surface area contributed by atoms with Gasteiger partial charge in [0.25, 0.3) is 6.43 Å². The predicted octanol–water partition coefficient (Wildman–Crippen LogP) is 2.12. The Balaban J connectivity index is 3.52. The van der Waals surface area contributed by atoms with Crippen LogP contribution in [0.1, 0.15) is 28.9 Å². The number of hydrogen-bond donors (Lipinski definition) is 2. The van der Waals surface area contributed by atoms with Crippen LogP contribution in [0.25, 0.3) is 0 Å². The van der Waals surface area contributed by atoms with E-state index in [4.69, 9.17) is 10.8 Å². The minimum Gasteiger partial charge on any atom is -0.481 e. The van der Waals surface area contributed by atoms with Crippen molar-refractivity contribution in [2.24, 2.45) is 5.73 Å². The van der Waals surface area contributed by atoms with Gasteiger partial charge in [-0.3, -0.25) is 4.79 Å². The van der Waals surface area contributed by atoms with Gasteiger partial charge in [0.15, 0.2) is 0 Å². The van der Waals surface area contributed by atoms with Crippen molar-refractivity contribution in [1.29, 1.82) is 0 Å². The van der Waals surface area contributed by atoms with Gasteiger partial charge < -0.3 is 10.8 Å². The Kier molecular flexibility index (Phi) is 4.40. The number of nitrogens with two attached hydrogens (primary N) is 1. The molecule has 0 radical (unpaired) electrons. The van der Waals surface area contributed by atoms with E-state index in [2.05, 4.69) is 4.98 Å². The quantitative estimate of drug-likeness (QED) is 0.830. The minimum absolute atomic E-state index is 0.445. The highest BCUT2D eigenvalue weighted by Crippen LogP contribution is 2.35. The first-order valence-corrected chi connectivity index (χ1v) is 4.96. The van der Waals surface area contributed by atoms with Crippen LogP contribution in [-0.4, -0.2) is 16.1 Å². The van der Waals surface area contributed by atoms with E-state index in [1.54, 1.807) is 0 Å². The minimum atomic E-state index is -4.91. The summed E-state index contributed by atoms with van der Waals surface area (Å²) in [5.74, 6) is -1.57. The van der Waals surface area contributed by atoms with Gasteiger partial charge in [0.05, 0.1) is 17.7 Å². The maximum absolute atomic E-state index is 12.8. The van der Waals surface area contributed by atoms with Crippen molar-refractivity contribution in [3.63, 3.8) is 0 Å². The lowest BCUT2D eigenvalue weighted by Gasteiger charge is -2.16. The number of pyridine rings is 1. The summed E-state index contributed by atoms with van der Waals surface area (Å²) in [6.07, 6.45) is -9.06. The van der Waals surface area contributed by atoms with Gasteiger partial charge in [-0.25, -0.2) is 13.8 Å². The summed E-state index contributed by atoms with van der Waals surface area (Å²) < 4.78 is 63.4. The zero-order chi connectivity index (χ0) is 14.8.